The van der Waals surface area contributed by atoms with Crippen LogP contribution in [-0.2, 0) is 25.9 Å². The Labute approximate surface area is 119 Å². The quantitative estimate of drug-likeness (QED) is 0.843. The van der Waals surface area contributed by atoms with E-state index < -0.39 is 17.5 Å². The molecular weight excluding hydrogens is 283 g/mol. The van der Waals surface area contributed by atoms with Gasteiger partial charge in [-0.05, 0) is 37.0 Å². The SMILES string of the molecule is Fc1cc(F)c(CNCc2cc3c(s2)CCC3)cc1F. The zero-order valence-electron chi connectivity index (χ0n) is 10.8. The van der Waals surface area contributed by atoms with Gasteiger partial charge in [0.05, 0.1) is 0 Å². The molecule has 0 atom stereocenters. The number of aryl methyl sites for hydroxylation is 2. The first kappa shape index (κ1) is 13.6. The van der Waals surface area contributed by atoms with Gasteiger partial charge in [0, 0.05) is 34.5 Å². The molecule has 3 rings (SSSR count). The number of benzene rings is 1. The van der Waals surface area contributed by atoms with Crippen LogP contribution in [0, 0.1) is 17.5 Å². The van der Waals surface area contributed by atoms with Crippen LogP contribution in [-0.4, -0.2) is 0 Å². The summed E-state index contributed by atoms with van der Waals surface area (Å²) in [4.78, 5) is 2.65. The van der Waals surface area contributed by atoms with Gasteiger partial charge < -0.3 is 5.32 Å². The van der Waals surface area contributed by atoms with Gasteiger partial charge in [-0.15, -0.1) is 11.3 Å². The smallest absolute Gasteiger partial charge is 0.161 e. The summed E-state index contributed by atoms with van der Waals surface area (Å²) >= 11 is 1.78. The van der Waals surface area contributed by atoms with Crippen molar-refractivity contribution in [1.82, 2.24) is 5.32 Å². The standard InChI is InChI=1S/C15H14F3NS/c16-12-6-14(18)13(17)5-10(12)7-19-8-11-4-9-2-1-3-15(9)20-11/h4-6,19H,1-3,7-8H2. The average Bonchev–Trinajstić information content (AvgIpc) is 2.96. The van der Waals surface area contributed by atoms with Crippen LogP contribution in [0.1, 0.15) is 27.3 Å². The van der Waals surface area contributed by atoms with E-state index >= 15 is 0 Å². The Kier molecular flexibility index (Phi) is 3.81. The summed E-state index contributed by atoms with van der Waals surface area (Å²) in [6.45, 7) is 0.807. The molecule has 0 amide bonds. The summed E-state index contributed by atoms with van der Waals surface area (Å²) < 4.78 is 39.3. The van der Waals surface area contributed by atoms with Crippen molar-refractivity contribution in [2.75, 3.05) is 0 Å². The Morgan fingerprint density at radius 2 is 1.75 bits per heavy atom. The third-order valence-electron chi connectivity index (χ3n) is 3.50. The van der Waals surface area contributed by atoms with Gasteiger partial charge in [-0.3, -0.25) is 0 Å². The monoisotopic (exact) mass is 297 g/mol. The molecule has 1 aliphatic rings. The van der Waals surface area contributed by atoms with Crippen molar-refractivity contribution >= 4 is 11.3 Å². The van der Waals surface area contributed by atoms with Crippen molar-refractivity contribution < 1.29 is 13.2 Å². The van der Waals surface area contributed by atoms with Crippen molar-refractivity contribution in [3.8, 4) is 0 Å². The number of hydrogen-bond acceptors (Lipinski definition) is 2. The third kappa shape index (κ3) is 2.74. The lowest BCUT2D eigenvalue weighted by atomic mass is 10.2. The summed E-state index contributed by atoms with van der Waals surface area (Å²) in [5.41, 5.74) is 1.57. The lowest BCUT2D eigenvalue weighted by Crippen LogP contribution is -2.13. The molecular formula is C15H14F3NS. The van der Waals surface area contributed by atoms with Crippen LogP contribution in [0.25, 0.3) is 0 Å². The molecule has 0 fully saturated rings. The molecule has 1 N–H and O–H groups in total. The van der Waals surface area contributed by atoms with Gasteiger partial charge in [0.25, 0.3) is 0 Å². The summed E-state index contributed by atoms with van der Waals surface area (Å²) in [6, 6.07) is 3.68. The van der Waals surface area contributed by atoms with E-state index in [-0.39, 0.29) is 12.1 Å². The number of hydrogen-bond donors (Lipinski definition) is 1. The van der Waals surface area contributed by atoms with E-state index in [2.05, 4.69) is 11.4 Å². The number of nitrogens with one attached hydrogen (secondary N) is 1. The van der Waals surface area contributed by atoms with Gasteiger partial charge in [-0.1, -0.05) is 0 Å². The molecule has 0 aliphatic heterocycles. The number of rotatable bonds is 4. The van der Waals surface area contributed by atoms with E-state index in [0.717, 1.165) is 18.9 Å². The van der Waals surface area contributed by atoms with Gasteiger partial charge in [0.15, 0.2) is 11.6 Å². The maximum absolute atomic E-state index is 13.4. The third-order valence-corrected chi connectivity index (χ3v) is 4.74. The Hall–Kier alpha value is -1.33. The van der Waals surface area contributed by atoms with Crippen LogP contribution >= 0.6 is 11.3 Å². The highest BCUT2D eigenvalue weighted by atomic mass is 32.1. The fourth-order valence-corrected chi connectivity index (χ4v) is 3.73. The molecule has 5 heteroatoms. The molecule has 1 aliphatic carbocycles. The second-order valence-corrected chi connectivity index (χ2v) is 6.20. The highest BCUT2D eigenvalue weighted by Gasteiger charge is 2.14. The summed E-state index contributed by atoms with van der Waals surface area (Å²) in [6.07, 6.45) is 3.52. The minimum absolute atomic E-state index is 0.146. The topological polar surface area (TPSA) is 12.0 Å². The molecule has 0 bridgehead atoms. The molecule has 1 nitrogen and oxygen atoms in total. The molecule has 0 saturated heterocycles. The number of fused-ring (bicyclic) bond motifs is 1. The normalized spacial score (nSPS) is 13.8. The van der Waals surface area contributed by atoms with E-state index in [0.29, 0.717) is 12.6 Å². The molecule has 1 aromatic carbocycles. The molecule has 2 aromatic rings. The largest absolute Gasteiger partial charge is 0.308 e. The van der Waals surface area contributed by atoms with Gasteiger partial charge in [0.1, 0.15) is 5.82 Å². The zero-order valence-corrected chi connectivity index (χ0v) is 11.6. The van der Waals surface area contributed by atoms with Gasteiger partial charge in [0.2, 0.25) is 0 Å². The van der Waals surface area contributed by atoms with E-state index in [9.17, 15) is 13.2 Å². The van der Waals surface area contributed by atoms with E-state index in [1.54, 1.807) is 11.3 Å². The highest BCUT2D eigenvalue weighted by molar-refractivity contribution is 7.12. The summed E-state index contributed by atoms with van der Waals surface area (Å²) in [5, 5.41) is 3.08. The molecule has 0 spiro atoms. The zero-order chi connectivity index (χ0) is 14.1. The van der Waals surface area contributed by atoms with E-state index in [1.165, 1.54) is 21.7 Å². The van der Waals surface area contributed by atoms with Crippen molar-refractivity contribution in [3.63, 3.8) is 0 Å². The lowest BCUT2D eigenvalue weighted by molar-refractivity contribution is 0.487. The fraction of sp³-hybridized carbons (Fsp3) is 0.333. The van der Waals surface area contributed by atoms with Crippen molar-refractivity contribution in [1.29, 1.82) is 0 Å². The van der Waals surface area contributed by atoms with E-state index in [4.69, 9.17) is 0 Å². The van der Waals surface area contributed by atoms with Crippen LogP contribution in [0.5, 0.6) is 0 Å². The minimum atomic E-state index is -1.15. The maximum Gasteiger partial charge on any atom is 0.161 e. The molecule has 1 heterocycles. The van der Waals surface area contributed by atoms with Gasteiger partial charge in [-0.2, -0.15) is 0 Å². The van der Waals surface area contributed by atoms with Gasteiger partial charge in [-0.25, -0.2) is 13.2 Å². The average molecular weight is 297 g/mol. The minimum Gasteiger partial charge on any atom is -0.308 e. The summed E-state index contributed by atoms with van der Waals surface area (Å²) in [7, 11) is 0. The number of thiophene rings is 1. The van der Waals surface area contributed by atoms with Crippen molar-refractivity contribution in [3.05, 3.63) is 56.5 Å². The molecule has 20 heavy (non-hydrogen) atoms. The molecule has 0 radical (unpaired) electrons. The first-order chi connectivity index (χ1) is 9.63. The van der Waals surface area contributed by atoms with Crippen LogP contribution in [0.3, 0.4) is 0 Å². The van der Waals surface area contributed by atoms with Gasteiger partial charge >= 0.3 is 0 Å². The Balaban J connectivity index is 1.61. The first-order valence-corrected chi connectivity index (χ1v) is 7.40. The second-order valence-electron chi connectivity index (χ2n) is 4.98. The Morgan fingerprint density at radius 3 is 2.55 bits per heavy atom. The summed E-state index contributed by atoms with van der Waals surface area (Å²) in [5.74, 6) is -2.88. The van der Waals surface area contributed by atoms with E-state index in [1.807, 2.05) is 0 Å². The van der Waals surface area contributed by atoms with Crippen molar-refractivity contribution in [2.24, 2.45) is 0 Å². The Bertz CT molecular complexity index is 615. The molecule has 106 valence electrons. The molecule has 1 aromatic heterocycles. The lowest BCUT2D eigenvalue weighted by Gasteiger charge is -2.06. The first-order valence-electron chi connectivity index (χ1n) is 6.58. The Morgan fingerprint density at radius 1 is 0.950 bits per heavy atom. The van der Waals surface area contributed by atoms with Crippen LogP contribution < -0.4 is 5.32 Å². The van der Waals surface area contributed by atoms with Crippen molar-refractivity contribution in [2.45, 2.75) is 32.4 Å². The van der Waals surface area contributed by atoms with Crippen LogP contribution in [0.2, 0.25) is 0 Å². The van der Waals surface area contributed by atoms with Crippen LogP contribution in [0.15, 0.2) is 18.2 Å². The number of halogens is 3. The predicted molar refractivity (Wildman–Crippen MR) is 73.2 cm³/mol. The second kappa shape index (κ2) is 5.58. The fourth-order valence-electron chi connectivity index (χ4n) is 2.50. The molecule has 0 saturated carbocycles. The maximum atomic E-state index is 13.4. The molecule has 0 unspecified atom stereocenters. The highest BCUT2D eigenvalue weighted by Crippen LogP contribution is 2.30. The van der Waals surface area contributed by atoms with Crippen LogP contribution in [0.4, 0.5) is 13.2 Å². The predicted octanol–water partition coefficient (Wildman–Crippen LogP) is 3.94.